The van der Waals surface area contributed by atoms with Crippen LogP contribution in [0.3, 0.4) is 0 Å². The highest BCUT2D eigenvalue weighted by Gasteiger charge is 2.13. The van der Waals surface area contributed by atoms with Gasteiger partial charge in [0.1, 0.15) is 6.10 Å². The number of ether oxygens (including phenoxy) is 2. The molecule has 0 bridgehead atoms. The normalized spacial score (nSPS) is 13.0. The van der Waals surface area contributed by atoms with Gasteiger partial charge in [-0.3, -0.25) is 4.79 Å². The van der Waals surface area contributed by atoms with Crippen molar-refractivity contribution in [3.63, 3.8) is 0 Å². The van der Waals surface area contributed by atoms with Crippen molar-refractivity contribution in [2.24, 2.45) is 0 Å². The van der Waals surface area contributed by atoms with Crippen molar-refractivity contribution in [1.29, 1.82) is 0 Å². The summed E-state index contributed by atoms with van der Waals surface area (Å²) in [6, 6.07) is 0. The fraction of sp³-hybridized carbons (Fsp3) is 0.756. The van der Waals surface area contributed by atoms with Crippen molar-refractivity contribution in [2.75, 3.05) is 19.8 Å². The second kappa shape index (κ2) is 42.3. The number of hydrogen-bond acceptors (Lipinski definition) is 4. The van der Waals surface area contributed by atoms with E-state index in [2.05, 4.69) is 74.6 Å². The topological polar surface area (TPSA) is 55.8 Å². The van der Waals surface area contributed by atoms with Crippen LogP contribution in [0.4, 0.5) is 0 Å². The molecule has 49 heavy (non-hydrogen) atoms. The summed E-state index contributed by atoms with van der Waals surface area (Å²) in [4.78, 5) is 12.2. The minimum Gasteiger partial charge on any atom is -0.457 e. The third kappa shape index (κ3) is 40.4. The van der Waals surface area contributed by atoms with Gasteiger partial charge in [0.25, 0.3) is 0 Å². The highest BCUT2D eigenvalue weighted by Crippen LogP contribution is 2.13. The predicted octanol–water partition coefficient (Wildman–Crippen LogP) is 13.7. The summed E-state index contributed by atoms with van der Waals surface area (Å²) in [5.41, 5.74) is 0. The molecule has 284 valence electrons. The smallest absolute Gasteiger partial charge is 0.306 e. The van der Waals surface area contributed by atoms with Crippen LogP contribution in [0.2, 0.25) is 0 Å². The summed E-state index contributed by atoms with van der Waals surface area (Å²) >= 11 is 0. The van der Waals surface area contributed by atoms with Crippen LogP contribution in [0.25, 0.3) is 0 Å². The summed E-state index contributed by atoms with van der Waals surface area (Å²) in [7, 11) is 0. The van der Waals surface area contributed by atoms with Gasteiger partial charge in [0.15, 0.2) is 0 Å². The second-order valence-corrected chi connectivity index (χ2v) is 13.7. The molecule has 0 aliphatic rings. The lowest BCUT2D eigenvalue weighted by atomic mass is 10.1. The van der Waals surface area contributed by atoms with E-state index in [1.165, 1.54) is 109 Å². The Labute approximate surface area is 305 Å². The number of allylic oxidation sites excluding steroid dienone is 10. The third-order valence-electron chi connectivity index (χ3n) is 8.83. The Balaban J connectivity index is 3.48. The van der Waals surface area contributed by atoms with E-state index in [9.17, 15) is 9.90 Å². The van der Waals surface area contributed by atoms with E-state index in [0.29, 0.717) is 13.0 Å². The standard InChI is InChI=1S/C45H80O4/c1-3-5-7-9-11-13-15-17-19-21-22-23-25-27-29-31-33-35-37-39-41-48-43-44(42-46)49-45(47)40-38-36-34-32-30-28-26-24-20-18-16-14-12-10-8-6-4-2/h6,8,12,14,17-20,26,28,44,46H,3-5,7,9-11,13,15-16,21-25,27,29-43H2,1-2H3/b8-6-,14-12-,19-17-,20-18-,28-26-. The van der Waals surface area contributed by atoms with Crippen LogP contribution in [-0.4, -0.2) is 37.0 Å². The summed E-state index contributed by atoms with van der Waals surface area (Å²) in [6.45, 7) is 5.20. The molecule has 1 atom stereocenters. The van der Waals surface area contributed by atoms with E-state index in [1.807, 2.05) is 0 Å². The second-order valence-electron chi connectivity index (χ2n) is 13.7. The Kier molecular flexibility index (Phi) is 40.6. The molecule has 1 unspecified atom stereocenters. The zero-order chi connectivity index (χ0) is 35.6. The summed E-state index contributed by atoms with van der Waals surface area (Å²) in [5, 5.41) is 9.59. The molecule has 0 aromatic carbocycles. The van der Waals surface area contributed by atoms with Gasteiger partial charge in [0.2, 0.25) is 0 Å². The van der Waals surface area contributed by atoms with Gasteiger partial charge in [-0.05, 0) is 77.0 Å². The first-order valence-electron chi connectivity index (χ1n) is 20.9. The minimum atomic E-state index is -0.549. The van der Waals surface area contributed by atoms with Gasteiger partial charge in [-0.1, -0.05) is 171 Å². The molecule has 0 spiro atoms. The van der Waals surface area contributed by atoms with Gasteiger partial charge in [-0.15, -0.1) is 0 Å². The van der Waals surface area contributed by atoms with Crippen molar-refractivity contribution in [1.82, 2.24) is 0 Å². The third-order valence-corrected chi connectivity index (χ3v) is 8.83. The Bertz CT molecular complexity index is 809. The maximum Gasteiger partial charge on any atom is 0.306 e. The van der Waals surface area contributed by atoms with Crippen molar-refractivity contribution in [3.05, 3.63) is 60.8 Å². The number of carbonyl (C=O) groups is 1. The Morgan fingerprint density at radius 3 is 1.41 bits per heavy atom. The van der Waals surface area contributed by atoms with E-state index < -0.39 is 6.10 Å². The van der Waals surface area contributed by atoms with Crippen LogP contribution in [-0.2, 0) is 14.3 Å². The summed E-state index contributed by atoms with van der Waals surface area (Å²) in [6.07, 6.45) is 55.6. The molecule has 0 aromatic heterocycles. The van der Waals surface area contributed by atoms with Crippen LogP contribution < -0.4 is 0 Å². The highest BCUT2D eigenvalue weighted by molar-refractivity contribution is 5.69. The molecular formula is C45H80O4. The van der Waals surface area contributed by atoms with Crippen LogP contribution >= 0.6 is 0 Å². The Morgan fingerprint density at radius 1 is 0.510 bits per heavy atom. The molecule has 4 nitrogen and oxygen atoms in total. The monoisotopic (exact) mass is 685 g/mol. The van der Waals surface area contributed by atoms with Gasteiger partial charge in [-0.25, -0.2) is 0 Å². The van der Waals surface area contributed by atoms with E-state index in [4.69, 9.17) is 9.47 Å². The number of carbonyl (C=O) groups excluding carboxylic acids is 1. The van der Waals surface area contributed by atoms with Gasteiger partial charge >= 0.3 is 5.97 Å². The molecule has 4 heteroatoms. The number of esters is 1. The number of unbranched alkanes of at least 4 members (excludes halogenated alkanes) is 20. The number of rotatable bonds is 38. The van der Waals surface area contributed by atoms with Crippen molar-refractivity contribution < 1.29 is 19.4 Å². The van der Waals surface area contributed by atoms with Crippen molar-refractivity contribution >= 4 is 5.97 Å². The predicted molar refractivity (Wildman–Crippen MR) is 214 cm³/mol. The van der Waals surface area contributed by atoms with Crippen molar-refractivity contribution in [3.8, 4) is 0 Å². The lowest BCUT2D eigenvalue weighted by molar-refractivity contribution is -0.154. The molecule has 0 amide bonds. The van der Waals surface area contributed by atoms with Crippen molar-refractivity contribution in [2.45, 2.75) is 200 Å². The first-order valence-corrected chi connectivity index (χ1v) is 20.9. The minimum absolute atomic E-state index is 0.184. The SMILES string of the molecule is CC/C=C\C/C=C\C/C=C\C/C=C\CCCCCCC(=O)OC(CO)COCCCCCCCCCCCC/C=C\CCCCCCCC. The van der Waals surface area contributed by atoms with E-state index >= 15 is 0 Å². The van der Waals surface area contributed by atoms with Gasteiger partial charge in [0, 0.05) is 13.0 Å². The zero-order valence-corrected chi connectivity index (χ0v) is 32.4. The maximum absolute atomic E-state index is 12.2. The van der Waals surface area contributed by atoms with E-state index in [0.717, 1.165) is 64.2 Å². The first kappa shape index (κ1) is 47.1. The molecule has 0 saturated heterocycles. The number of aliphatic hydroxyl groups is 1. The zero-order valence-electron chi connectivity index (χ0n) is 32.4. The van der Waals surface area contributed by atoms with Gasteiger partial charge in [0.05, 0.1) is 13.2 Å². The van der Waals surface area contributed by atoms with E-state index in [1.54, 1.807) is 0 Å². The first-order chi connectivity index (χ1) is 24.2. The number of hydrogen-bond donors (Lipinski definition) is 1. The van der Waals surface area contributed by atoms with Crippen LogP contribution in [0.5, 0.6) is 0 Å². The van der Waals surface area contributed by atoms with Crippen LogP contribution in [0.15, 0.2) is 60.8 Å². The molecule has 0 aliphatic carbocycles. The molecular weight excluding hydrogens is 604 g/mol. The molecule has 0 rings (SSSR count). The molecule has 0 heterocycles. The Morgan fingerprint density at radius 2 is 0.918 bits per heavy atom. The van der Waals surface area contributed by atoms with Crippen LogP contribution in [0, 0.1) is 0 Å². The number of aliphatic hydroxyl groups excluding tert-OH is 1. The lowest BCUT2D eigenvalue weighted by Gasteiger charge is -2.15. The highest BCUT2D eigenvalue weighted by atomic mass is 16.6. The fourth-order valence-electron chi connectivity index (χ4n) is 5.72. The lowest BCUT2D eigenvalue weighted by Crippen LogP contribution is -2.27. The molecule has 0 radical (unpaired) electrons. The molecule has 0 fully saturated rings. The Hall–Kier alpha value is -1.91. The van der Waals surface area contributed by atoms with Gasteiger partial charge < -0.3 is 14.6 Å². The average Bonchev–Trinajstić information content (AvgIpc) is 3.11. The van der Waals surface area contributed by atoms with Crippen LogP contribution in [0.1, 0.15) is 194 Å². The molecule has 0 saturated carbocycles. The molecule has 0 aromatic rings. The largest absolute Gasteiger partial charge is 0.457 e. The average molecular weight is 685 g/mol. The summed E-state index contributed by atoms with van der Waals surface area (Å²) < 4.78 is 11.1. The fourth-order valence-corrected chi connectivity index (χ4v) is 5.72. The maximum atomic E-state index is 12.2. The quantitative estimate of drug-likeness (QED) is 0.0399. The van der Waals surface area contributed by atoms with E-state index in [-0.39, 0.29) is 19.2 Å². The van der Waals surface area contributed by atoms with Gasteiger partial charge in [-0.2, -0.15) is 0 Å². The molecule has 0 aliphatic heterocycles. The summed E-state index contributed by atoms with van der Waals surface area (Å²) in [5.74, 6) is -0.225. The molecule has 1 N–H and O–H groups in total.